The minimum Gasteiger partial charge on any atom is -0.393 e. The molecule has 2 nitrogen and oxygen atoms in total. The fourth-order valence-electron chi connectivity index (χ4n) is 2.49. The van der Waals surface area contributed by atoms with Crippen molar-refractivity contribution >= 4 is 0 Å². The van der Waals surface area contributed by atoms with E-state index < -0.39 is 0 Å². The smallest absolute Gasteiger partial charge is 0.0540 e. The largest absolute Gasteiger partial charge is 0.393 e. The maximum absolute atomic E-state index is 9.47. The first-order valence-corrected chi connectivity index (χ1v) is 5.43. The molecule has 0 amide bonds. The van der Waals surface area contributed by atoms with Gasteiger partial charge in [0.1, 0.15) is 0 Å². The van der Waals surface area contributed by atoms with Gasteiger partial charge in [-0.05, 0) is 44.1 Å². The Labute approximate surface area is 81.7 Å². The van der Waals surface area contributed by atoms with Crippen LogP contribution in [0, 0.1) is 11.3 Å². The van der Waals surface area contributed by atoms with E-state index in [0.717, 1.165) is 19.4 Å². The van der Waals surface area contributed by atoms with E-state index in [2.05, 4.69) is 19.2 Å². The minimum absolute atomic E-state index is 0.0382. The standard InChI is InChI=1S/C11H23NO/c1-9(2)11(8-12-3)6-4-10(13)5-7-11/h9-10,12-13H,4-8H2,1-3H3. The summed E-state index contributed by atoms with van der Waals surface area (Å²) in [6.45, 7) is 5.70. The molecule has 0 aromatic heterocycles. The fourth-order valence-corrected chi connectivity index (χ4v) is 2.49. The van der Waals surface area contributed by atoms with Crippen LogP contribution in [-0.2, 0) is 0 Å². The molecule has 13 heavy (non-hydrogen) atoms. The second-order valence-electron chi connectivity index (χ2n) is 4.78. The number of rotatable bonds is 3. The van der Waals surface area contributed by atoms with E-state index in [1.54, 1.807) is 0 Å². The van der Waals surface area contributed by atoms with Gasteiger partial charge in [-0.25, -0.2) is 0 Å². The maximum Gasteiger partial charge on any atom is 0.0540 e. The number of aliphatic hydroxyl groups is 1. The lowest BCUT2D eigenvalue weighted by molar-refractivity contribution is 0.0358. The fraction of sp³-hybridized carbons (Fsp3) is 1.00. The summed E-state index contributed by atoms with van der Waals surface area (Å²) in [6.07, 6.45) is 4.28. The molecule has 0 aromatic carbocycles. The lowest BCUT2D eigenvalue weighted by atomic mass is 9.66. The molecule has 0 saturated heterocycles. The third-order valence-corrected chi connectivity index (χ3v) is 3.70. The van der Waals surface area contributed by atoms with Crippen molar-refractivity contribution in [3.63, 3.8) is 0 Å². The molecule has 0 unspecified atom stereocenters. The summed E-state index contributed by atoms with van der Waals surface area (Å²) in [5.74, 6) is 0.715. The maximum atomic E-state index is 9.47. The number of nitrogens with one attached hydrogen (secondary N) is 1. The van der Waals surface area contributed by atoms with Crippen LogP contribution in [0.1, 0.15) is 39.5 Å². The minimum atomic E-state index is -0.0382. The van der Waals surface area contributed by atoms with E-state index in [1.165, 1.54) is 12.8 Å². The topological polar surface area (TPSA) is 32.3 Å². The van der Waals surface area contributed by atoms with Gasteiger partial charge in [0.25, 0.3) is 0 Å². The Bertz CT molecular complexity index is 148. The van der Waals surface area contributed by atoms with Crippen LogP contribution in [0.15, 0.2) is 0 Å². The van der Waals surface area contributed by atoms with Gasteiger partial charge in [-0.3, -0.25) is 0 Å². The first-order valence-electron chi connectivity index (χ1n) is 5.43. The van der Waals surface area contributed by atoms with E-state index in [-0.39, 0.29) is 6.10 Å². The predicted octanol–water partition coefficient (Wildman–Crippen LogP) is 1.78. The van der Waals surface area contributed by atoms with Crippen molar-refractivity contribution in [2.24, 2.45) is 11.3 Å². The van der Waals surface area contributed by atoms with Gasteiger partial charge < -0.3 is 10.4 Å². The number of hydrogen-bond acceptors (Lipinski definition) is 2. The highest BCUT2D eigenvalue weighted by Gasteiger charge is 2.36. The summed E-state index contributed by atoms with van der Waals surface area (Å²) < 4.78 is 0. The predicted molar refractivity (Wildman–Crippen MR) is 55.7 cm³/mol. The van der Waals surface area contributed by atoms with E-state index in [9.17, 15) is 5.11 Å². The van der Waals surface area contributed by atoms with E-state index in [0.29, 0.717) is 11.3 Å². The zero-order valence-electron chi connectivity index (χ0n) is 9.14. The number of hydrogen-bond donors (Lipinski definition) is 2. The van der Waals surface area contributed by atoms with Crippen LogP contribution in [0.3, 0.4) is 0 Å². The van der Waals surface area contributed by atoms with Crippen LogP contribution < -0.4 is 5.32 Å². The summed E-state index contributed by atoms with van der Waals surface area (Å²) in [5, 5.41) is 12.8. The molecule has 1 saturated carbocycles. The van der Waals surface area contributed by atoms with Crippen molar-refractivity contribution in [1.82, 2.24) is 5.32 Å². The second kappa shape index (κ2) is 4.43. The molecule has 0 aromatic rings. The van der Waals surface area contributed by atoms with Gasteiger partial charge in [-0.1, -0.05) is 13.8 Å². The summed E-state index contributed by atoms with van der Waals surface area (Å²) in [4.78, 5) is 0. The van der Waals surface area contributed by atoms with Crippen LogP contribution in [0.25, 0.3) is 0 Å². The molecule has 1 aliphatic carbocycles. The van der Waals surface area contributed by atoms with Crippen molar-refractivity contribution < 1.29 is 5.11 Å². The van der Waals surface area contributed by atoms with Gasteiger partial charge in [-0.15, -0.1) is 0 Å². The SMILES string of the molecule is CNCC1(C(C)C)CCC(O)CC1. The van der Waals surface area contributed by atoms with E-state index in [4.69, 9.17) is 0 Å². The van der Waals surface area contributed by atoms with E-state index >= 15 is 0 Å². The molecule has 2 heteroatoms. The molecule has 0 spiro atoms. The Morgan fingerprint density at radius 2 is 1.92 bits per heavy atom. The van der Waals surface area contributed by atoms with Gasteiger partial charge in [-0.2, -0.15) is 0 Å². The molecule has 78 valence electrons. The lowest BCUT2D eigenvalue weighted by Gasteiger charge is -2.42. The van der Waals surface area contributed by atoms with Gasteiger partial charge in [0.05, 0.1) is 6.10 Å². The summed E-state index contributed by atoms with van der Waals surface area (Å²) >= 11 is 0. The normalized spacial score (nSPS) is 35.3. The summed E-state index contributed by atoms with van der Waals surface area (Å²) in [7, 11) is 2.02. The molecular weight excluding hydrogens is 162 g/mol. The Kier molecular flexibility index (Phi) is 3.74. The first kappa shape index (κ1) is 11.0. The third-order valence-electron chi connectivity index (χ3n) is 3.70. The van der Waals surface area contributed by atoms with Crippen LogP contribution in [-0.4, -0.2) is 24.8 Å². The highest BCUT2D eigenvalue weighted by atomic mass is 16.3. The van der Waals surface area contributed by atoms with Crippen molar-refractivity contribution in [2.75, 3.05) is 13.6 Å². The average Bonchev–Trinajstić information content (AvgIpc) is 2.09. The Morgan fingerprint density at radius 3 is 2.31 bits per heavy atom. The third kappa shape index (κ3) is 2.44. The van der Waals surface area contributed by atoms with Crippen LogP contribution in [0.4, 0.5) is 0 Å². The molecule has 0 aliphatic heterocycles. The molecule has 0 bridgehead atoms. The highest BCUT2D eigenvalue weighted by Crippen LogP contribution is 2.41. The molecule has 0 atom stereocenters. The van der Waals surface area contributed by atoms with Crippen LogP contribution >= 0.6 is 0 Å². The Hall–Kier alpha value is -0.0800. The first-order chi connectivity index (χ1) is 6.10. The van der Waals surface area contributed by atoms with Gasteiger partial charge in [0.15, 0.2) is 0 Å². The zero-order chi connectivity index (χ0) is 9.90. The monoisotopic (exact) mass is 185 g/mol. The zero-order valence-corrected chi connectivity index (χ0v) is 9.14. The lowest BCUT2D eigenvalue weighted by Crippen LogP contribution is -2.41. The molecule has 0 radical (unpaired) electrons. The molecular formula is C11H23NO. The van der Waals surface area contributed by atoms with Crippen molar-refractivity contribution in [2.45, 2.75) is 45.6 Å². The molecule has 0 heterocycles. The van der Waals surface area contributed by atoms with Gasteiger partial charge in [0.2, 0.25) is 0 Å². The van der Waals surface area contributed by atoms with Crippen molar-refractivity contribution in [1.29, 1.82) is 0 Å². The Morgan fingerprint density at radius 1 is 1.38 bits per heavy atom. The molecule has 2 N–H and O–H groups in total. The van der Waals surface area contributed by atoms with Crippen LogP contribution in [0.5, 0.6) is 0 Å². The van der Waals surface area contributed by atoms with Gasteiger partial charge in [0, 0.05) is 6.54 Å². The summed E-state index contributed by atoms with van der Waals surface area (Å²) in [5.41, 5.74) is 0.438. The summed E-state index contributed by atoms with van der Waals surface area (Å²) in [6, 6.07) is 0. The van der Waals surface area contributed by atoms with Crippen molar-refractivity contribution in [3.05, 3.63) is 0 Å². The average molecular weight is 185 g/mol. The highest BCUT2D eigenvalue weighted by molar-refractivity contribution is 4.89. The quantitative estimate of drug-likeness (QED) is 0.702. The van der Waals surface area contributed by atoms with Crippen LogP contribution in [0.2, 0.25) is 0 Å². The van der Waals surface area contributed by atoms with E-state index in [1.807, 2.05) is 7.05 Å². The molecule has 1 rings (SSSR count). The molecule has 1 fully saturated rings. The van der Waals surface area contributed by atoms with Gasteiger partial charge >= 0.3 is 0 Å². The molecule has 1 aliphatic rings. The number of aliphatic hydroxyl groups excluding tert-OH is 1. The Balaban J connectivity index is 2.58. The van der Waals surface area contributed by atoms with Crippen molar-refractivity contribution in [3.8, 4) is 0 Å². The second-order valence-corrected chi connectivity index (χ2v) is 4.78.